The van der Waals surface area contributed by atoms with Crippen LogP contribution in [-0.2, 0) is 14.3 Å². The van der Waals surface area contributed by atoms with Crippen molar-refractivity contribution in [2.24, 2.45) is 5.92 Å². The third-order valence-corrected chi connectivity index (χ3v) is 5.09. The number of thioether (sulfide) groups is 1. The molecule has 96 valence electrons. The lowest BCUT2D eigenvalue weighted by atomic mass is 10.0. The van der Waals surface area contributed by atoms with E-state index in [-0.39, 0.29) is 11.7 Å². The minimum absolute atomic E-state index is 0.263. The van der Waals surface area contributed by atoms with Crippen LogP contribution < -0.4 is 0 Å². The van der Waals surface area contributed by atoms with Crippen LogP contribution in [0.3, 0.4) is 0 Å². The van der Waals surface area contributed by atoms with Crippen LogP contribution in [0.2, 0.25) is 0 Å². The number of nitrogens with zero attached hydrogens (tertiary/aromatic N) is 1. The third-order valence-electron chi connectivity index (χ3n) is 3.93. The van der Waals surface area contributed by atoms with Gasteiger partial charge in [-0.15, -0.1) is 0 Å². The summed E-state index contributed by atoms with van der Waals surface area (Å²) in [6.45, 7) is 2.99. The third kappa shape index (κ3) is 2.33. The zero-order valence-electron chi connectivity index (χ0n) is 10.0. The quantitative estimate of drug-likeness (QED) is 0.705. The molecule has 1 amide bonds. The maximum Gasteiger partial charge on any atom is 0.226 e. The highest BCUT2D eigenvalue weighted by Gasteiger charge is 2.41. The first-order chi connectivity index (χ1) is 8.29. The second kappa shape index (κ2) is 4.78. The number of hydrogen-bond acceptors (Lipinski definition) is 4. The molecular weight excluding hydrogens is 238 g/mol. The molecule has 0 aromatic heterocycles. The molecule has 0 aromatic rings. The average molecular weight is 257 g/mol. The summed E-state index contributed by atoms with van der Waals surface area (Å²) in [5.74, 6) is 2.40. The van der Waals surface area contributed by atoms with Crippen LogP contribution in [-0.4, -0.2) is 54.4 Å². The summed E-state index contributed by atoms with van der Waals surface area (Å²) in [6.07, 6.45) is 2.72. The van der Waals surface area contributed by atoms with Gasteiger partial charge in [-0.3, -0.25) is 4.79 Å². The predicted molar refractivity (Wildman–Crippen MR) is 65.9 cm³/mol. The molecule has 3 heterocycles. The van der Waals surface area contributed by atoms with Gasteiger partial charge in [0.15, 0.2) is 5.79 Å². The van der Waals surface area contributed by atoms with Crippen molar-refractivity contribution in [3.8, 4) is 0 Å². The number of carbonyl (C=O) groups is 1. The highest BCUT2D eigenvalue weighted by atomic mass is 32.2. The number of carbonyl (C=O) groups excluding carboxylic acids is 1. The minimum atomic E-state index is -0.360. The smallest absolute Gasteiger partial charge is 0.226 e. The summed E-state index contributed by atoms with van der Waals surface area (Å²) in [5, 5.41) is 0. The normalized spacial score (nSPS) is 32.2. The summed E-state index contributed by atoms with van der Waals surface area (Å²) in [6, 6.07) is 0. The standard InChI is InChI=1S/C12H19NO3S/c14-11(10-1-8-17-9-10)13-4-2-12(3-5-13)15-6-7-16-12/h10H,1-9H2. The van der Waals surface area contributed by atoms with Gasteiger partial charge in [-0.05, 0) is 12.2 Å². The SMILES string of the molecule is O=C(C1CCSC1)N1CCC2(CC1)OCCO2. The molecule has 3 rings (SSSR count). The second-order valence-corrected chi connectivity index (χ2v) is 6.14. The molecular formula is C12H19NO3S. The second-order valence-electron chi connectivity index (χ2n) is 4.99. The van der Waals surface area contributed by atoms with E-state index in [4.69, 9.17) is 9.47 Å². The van der Waals surface area contributed by atoms with Gasteiger partial charge in [-0.25, -0.2) is 0 Å². The molecule has 3 aliphatic heterocycles. The Morgan fingerprint density at radius 2 is 1.94 bits per heavy atom. The van der Waals surface area contributed by atoms with Crippen LogP contribution in [0.15, 0.2) is 0 Å². The van der Waals surface area contributed by atoms with Gasteiger partial charge in [0.1, 0.15) is 0 Å². The van der Waals surface area contributed by atoms with Crippen molar-refractivity contribution >= 4 is 17.7 Å². The van der Waals surface area contributed by atoms with Crippen LogP contribution in [0.25, 0.3) is 0 Å². The average Bonchev–Trinajstić information content (AvgIpc) is 3.01. The zero-order valence-corrected chi connectivity index (χ0v) is 10.8. The topological polar surface area (TPSA) is 38.8 Å². The van der Waals surface area contributed by atoms with E-state index in [1.54, 1.807) is 0 Å². The summed E-state index contributed by atoms with van der Waals surface area (Å²) >= 11 is 1.90. The molecule has 4 nitrogen and oxygen atoms in total. The van der Waals surface area contributed by atoms with Crippen molar-refractivity contribution in [1.82, 2.24) is 4.90 Å². The number of likely N-dealkylation sites (tertiary alicyclic amines) is 1. The molecule has 3 saturated heterocycles. The first-order valence-electron chi connectivity index (χ1n) is 6.44. The highest BCUT2D eigenvalue weighted by molar-refractivity contribution is 7.99. The monoisotopic (exact) mass is 257 g/mol. The van der Waals surface area contributed by atoms with Crippen LogP contribution in [0.1, 0.15) is 19.3 Å². The Kier molecular flexibility index (Phi) is 3.32. The van der Waals surface area contributed by atoms with Gasteiger partial charge in [0.25, 0.3) is 0 Å². The maximum absolute atomic E-state index is 12.2. The Morgan fingerprint density at radius 1 is 1.24 bits per heavy atom. The van der Waals surface area contributed by atoms with Gasteiger partial charge in [-0.2, -0.15) is 11.8 Å². The number of ether oxygens (including phenoxy) is 2. The largest absolute Gasteiger partial charge is 0.347 e. The van der Waals surface area contributed by atoms with E-state index >= 15 is 0 Å². The van der Waals surface area contributed by atoms with E-state index in [9.17, 15) is 4.79 Å². The van der Waals surface area contributed by atoms with Crippen molar-refractivity contribution in [2.75, 3.05) is 37.8 Å². The molecule has 0 aromatic carbocycles. The van der Waals surface area contributed by atoms with Crippen molar-refractivity contribution in [3.05, 3.63) is 0 Å². The molecule has 0 aliphatic carbocycles. The Balaban J connectivity index is 1.55. The molecule has 0 N–H and O–H groups in total. The molecule has 17 heavy (non-hydrogen) atoms. The van der Waals surface area contributed by atoms with Gasteiger partial charge in [0.2, 0.25) is 5.91 Å². The van der Waals surface area contributed by atoms with E-state index in [0.717, 1.165) is 43.9 Å². The molecule has 0 saturated carbocycles. The van der Waals surface area contributed by atoms with Gasteiger partial charge in [0.05, 0.1) is 13.2 Å². The van der Waals surface area contributed by atoms with E-state index in [0.29, 0.717) is 19.1 Å². The summed E-state index contributed by atoms with van der Waals surface area (Å²) in [5.41, 5.74) is 0. The van der Waals surface area contributed by atoms with Crippen LogP contribution in [0.5, 0.6) is 0 Å². The van der Waals surface area contributed by atoms with Crippen molar-refractivity contribution in [2.45, 2.75) is 25.0 Å². The lowest BCUT2D eigenvalue weighted by Crippen LogP contribution is -2.48. The van der Waals surface area contributed by atoms with Crippen molar-refractivity contribution in [1.29, 1.82) is 0 Å². The van der Waals surface area contributed by atoms with E-state index < -0.39 is 0 Å². The predicted octanol–water partition coefficient (Wildman–Crippen LogP) is 1.10. The molecule has 1 spiro atoms. The molecule has 0 bridgehead atoms. The Labute approximate surface area is 106 Å². The summed E-state index contributed by atoms with van der Waals surface area (Å²) in [4.78, 5) is 14.2. The lowest BCUT2D eigenvalue weighted by molar-refractivity contribution is -0.188. The maximum atomic E-state index is 12.2. The fourth-order valence-corrected chi connectivity index (χ4v) is 4.05. The molecule has 3 aliphatic rings. The highest BCUT2D eigenvalue weighted by Crippen LogP contribution is 2.33. The van der Waals surface area contributed by atoms with Gasteiger partial charge in [-0.1, -0.05) is 0 Å². The number of hydrogen-bond donors (Lipinski definition) is 0. The fourth-order valence-electron chi connectivity index (χ4n) is 2.84. The summed E-state index contributed by atoms with van der Waals surface area (Å²) in [7, 11) is 0. The zero-order chi connectivity index (χ0) is 11.7. The first kappa shape index (κ1) is 11.8. The van der Waals surface area contributed by atoms with Gasteiger partial charge >= 0.3 is 0 Å². The van der Waals surface area contributed by atoms with E-state index in [2.05, 4.69) is 0 Å². The number of rotatable bonds is 1. The Bertz CT molecular complexity index is 288. The molecule has 5 heteroatoms. The van der Waals surface area contributed by atoms with Crippen molar-refractivity contribution in [3.63, 3.8) is 0 Å². The lowest BCUT2D eigenvalue weighted by Gasteiger charge is -2.38. The van der Waals surface area contributed by atoms with Crippen LogP contribution in [0, 0.1) is 5.92 Å². The first-order valence-corrected chi connectivity index (χ1v) is 7.59. The Hall–Kier alpha value is -0.260. The van der Waals surface area contributed by atoms with Gasteiger partial charge in [0, 0.05) is 37.6 Å². The van der Waals surface area contributed by atoms with E-state index in [1.165, 1.54) is 0 Å². The van der Waals surface area contributed by atoms with Gasteiger partial charge < -0.3 is 14.4 Å². The molecule has 0 radical (unpaired) electrons. The van der Waals surface area contributed by atoms with Crippen LogP contribution in [0.4, 0.5) is 0 Å². The number of piperidine rings is 1. The van der Waals surface area contributed by atoms with Crippen molar-refractivity contribution < 1.29 is 14.3 Å². The molecule has 1 atom stereocenters. The summed E-state index contributed by atoms with van der Waals surface area (Å²) < 4.78 is 11.3. The fraction of sp³-hybridized carbons (Fsp3) is 0.917. The van der Waals surface area contributed by atoms with E-state index in [1.807, 2.05) is 16.7 Å². The Morgan fingerprint density at radius 3 is 2.53 bits per heavy atom. The molecule has 3 fully saturated rings. The minimum Gasteiger partial charge on any atom is -0.347 e. The molecule has 1 unspecified atom stereocenters. The number of amides is 1. The van der Waals surface area contributed by atoms with Crippen LogP contribution >= 0.6 is 11.8 Å².